The number of carbonyl (C=O) groups is 5. The maximum absolute atomic E-state index is 13.4. The molecule has 0 saturated carbocycles. The maximum atomic E-state index is 13.4. The van der Waals surface area contributed by atoms with Gasteiger partial charge >= 0.3 is 0 Å². The molecule has 1 heterocycles. The zero-order valence-corrected chi connectivity index (χ0v) is 29.1. The van der Waals surface area contributed by atoms with E-state index in [2.05, 4.69) is 10.6 Å². The van der Waals surface area contributed by atoms with Crippen molar-refractivity contribution < 1.29 is 24.0 Å². The molecule has 50 heavy (non-hydrogen) atoms. The fraction of sp³-hybridized carbons (Fsp3) is 0.357. The van der Waals surface area contributed by atoms with Gasteiger partial charge in [0.25, 0.3) is 17.7 Å². The molecule has 0 bridgehead atoms. The summed E-state index contributed by atoms with van der Waals surface area (Å²) in [5, 5.41) is 8.02. The molecule has 0 radical (unpaired) electrons. The average molecular weight is 674 g/mol. The summed E-state index contributed by atoms with van der Waals surface area (Å²) in [6.07, 6.45) is 9.50. The van der Waals surface area contributed by atoms with E-state index in [1.54, 1.807) is 36.4 Å². The van der Waals surface area contributed by atoms with E-state index >= 15 is 0 Å². The molecule has 4 aromatic rings. The summed E-state index contributed by atoms with van der Waals surface area (Å²) in [6.45, 7) is 4.48. The summed E-state index contributed by atoms with van der Waals surface area (Å²) in [5.41, 5.74) is 3.59. The number of aldehydes is 1. The van der Waals surface area contributed by atoms with Crippen LogP contribution in [0.1, 0.15) is 109 Å². The third-order valence-electron chi connectivity index (χ3n) is 9.23. The third-order valence-corrected chi connectivity index (χ3v) is 9.23. The lowest BCUT2D eigenvalue weighted by atomic mass is 9.95. The Balaban J connectivity index is 1.07. The first-order valence-electron chi connectivity index (χ1n) is 17.9. The Morgan fingerprint density at radius 3 is 1.98 bits per heavy atom. The standard InChI is InChI=1S/C42H47N3O5/c1-29(2)25-34(28-46)44-40(48)35-23-22-33(27-38(35)32-21-20-30-15-10-11-16-31(30)26-32)43-39(47)19-9-7-5-3-4-6-8-14-24-45-41(49)36-17-12-13-18-37(36)42(45)50/h10-13,15-18,20-23,26-29,34H,3-9,14,19,24-25H2,1-2H3,(H,43,47)(H,44,48)/t34-/m0/s1. The van der Waals surface area contributed by atoms with E-state index in [9.17, 15) is 24.0 Å². The first-order chi connectivity index (χ1) is 24.2. The van der Waals surface area contributed by atoms with Gasteiger partial charge < -0.3 is 15.4 Å². The number of carbonyl (C=O) groups excluding carboxylic acids is 5. The number of benzene rings is 4. The van der Waals surface area contributed by atoms with Crippen molar-refractivity contribution in [2.45, 2.75) is 84.1 Å². The van der Waals surface area contributed by atoms with E-state index < -0.39 is 6.04 Å². The first kappa shape index (κ1) is 36.2. The van der Waals surface area contributed by atoms with Crippen LogP contribution >= 0.6 is 0 Å². The summed E-state index contributed by atoms with van der Waals surface area (Å²) in [4.78, 5) is 64.4. The Morgan fingerprint density at radius 2 is 1.32 bits per heavy atom. The minimum absolute atomic E-state index is 0.0715. The van der Waals surface area contributed by atoms with Crippen molar-refractivity contribution in [3.8, 4) is 11.1 Å². The van der Waals surface area contributed by atoms with Gasteiger partial charge in [-0.1, -0.05) is 101 Å². The highest BCUT2D eigenvalue weighted by Gasteiger charge is 2.34. The fourth-order valence-corrected chi connectivity index (χ4v) is 6.60. The van der Waals surface area contributed by atoms with Gasteiger partial charge in [-0.15, -0.1) is 0 Å². The van der Waals surface area contributed by atoms with Gasteiger partial charge in [0.05, 0.1) is 17.2 Å². The number of rotatable bonds is 18. The number of anilines is 1. The van der Waals surface area contributed by atoms with Crippen molar-refractivity contribution in [1.29, 1.82) is 0 Å². The van der Waals surface area contributed by atoms with Gasteiger partial charge in [-0.2, -0.15) is 0 Å². The number of fused-ring (bicyclic) bond motifs is 2. The molecule has 8 nitrogen and oxygen atoms in total. The molecule has 0 spiro atoms. The zero-order valence-electron chi connectivity index (χ0n) is 29.1. The van der Waals surface area contributed by atoms with Crippen LogP contribution in [0, 0.1) is 5.92 Å². The lowest BCUT2D eigenvalue weighted by Crippen LogP contribution is -2.37. The molecule has 0 aromatic heterocycles. The van der Waals surface area contributed by atoms with E-state index in [0.717, 1.165) is 74.0 Å². The number of hydrogen-bond acceptors (Lipinski definition) is 5. The largest absolute Gasteiger partial charge is 0.343 e. The van der Waals surface area contributed by atoms with E-state index in [4.69, 9.17) is 0 Å². The molecule has 0 saturated heterocycles. The van der Waals surface area contributed by atoms with Gasteiger partial charge in [-0.3, -0.25) is 24.1 Å². The quantitative estimate of drug-likeness (QED) is 0.0624. The van der Waals surface area contributed by atoms with Crippen LogP contribution in [-0.4, -0.2) is 47.4 Å². The summed E-state index contributed by atoms with van der Waals surface area (Å²) >= 11 is 0. The summed E-state index contributed by atoms with van der Waals surface area (Å²) < 4.78 is 0. The Labute approximate surface area is 294 Å². The van der Waals surface area contributed by atoms with Crippen LogP contribution in [0.5, 0.6) is 0 Å². The van der Waals surface area contributed by atoms with Gasteiger partial charge in [0.1, 0.15) is 6.29 Å². The van der Waals surface area contributed by atoms with Crippen molar-refractivity contribution in [2.75, 3.05) is 11.9 Å². The van der Waals surface area contributed by atoms with E-state index in [0.29, 0.717) is 47.3 Å². The number of nitrogens with one attached hydrogen (secondary N) is 2. The van der Waals surface area contributed by atoms with Crippen molar-refractivity contribution in [1.82, 2.24) is 10.2 Å². The highest BCUT2D eigenvalue weighted by molar-refractivity contribution is 6.21. The van der Waals surface area contributed by atoms with Gasteiger partial charge in [0, 0.05) is 24.2 Å². The van der Waals surface area contributed by atoms with Crippen LogP contribution in [0.15, 0.2) is 84.9 Å². The molecule has 8 heteroatoms. The first-order valence-corrected chi connectivity index (χ1v) is 17.9. The van der Waals surface area contributed by atoms with Crippen LogP contribution in [0.2, 0.25) is 0 Å². The average Bonchev–Trinajstić information content (AvgIpc) is 3.36. The molecule has 0 fully saturated rings. The molecule has 5 rings (SSSR count). The Morgan fingerprint density at radius 1 is 0.700 bits per heavy atom. The van der Waals surface area contributed by atoms with Crippen LogP contribution in [0.3, 0.4) is 0 Å². The van der Waals surface area contributed by atoms with Crippen LogP contribution < -0.4 is 10.6 Å². The van der Waals surface area contributed by atoms with Crippen molar-refractivity contribution in [3.63, 3.8) is 0 Å². The molecule has 2 N–H and O–H groups in total. The smallest absolute Gasteiger partial charge is 0.261 e. The van der Waals surface area contributed by atoms with Gasteiger partial charge in [-0.05, 0) is 83.5 Å². The van der Waals surface area contributed by atoms with E-state index in [1.807, 2.05) is 62.4 Å². The Kier molecular flexibility index (Phi) is 12.7. The molecule has 1 aliphatic heterocycles. The number of amides is 4. The summed E-state index contributed by atoms with van der Waals surface area (Å²) in [7, 11) is 0. The highest BCUT2D eigenvalue weighted by Crippen LogP contribution is 2.30. The second-order valence-electron chi connectivity index (χ2n) is 13.6. The topological polar surface area (TPSA) is 113 Å². The van der Waals surface area contributed by atoms with Crippen LogP contribution in [-0.2, 0) is 9.59 Å². The molecule has 4 aromatic carbocycles. The predicted octanol–water partition coefficient (Wildman–Crippen LogP) is 8.60. The summed E-state index contributed by atoms with van der Waals surface area (Å²) in [5.74, 6) is -0.527. The highest BCUT2D eigenvalue weighted by atomic mass is 16.2. The lowest BCUT2D eigenvalue weighted by molar-refractivity contribution is -0.116. The van der Waals surface area contributed by atoms with E-state index in [-0.39, 0.29) is 29.5 Å². The molecular formula is C42H47N3O5. The van der Waals surface area contributed by atoms with Crippen molar-refractivity contribution in [2.24, 2.45) is 5.92 Å². The SMILES string of the molecule is CC(C)C[C@@H](C=O)NC(=O)c1ccc(NC(=O)CCCCCCCCCCN2C(=O)c3ccccc3C2=O)cc1-c1ccc2ccccc2c1. The summed E-state index contributed by atoms with van der Waals surface area (Å²) in [6, 6.07) is 25.7. The van der Waals surface area contributed by atoms with Gasteiger partial charge in [0.2, 0.25) is 5.91 Å². The molecule has 260 valence electrons. The van der Waals surface area contributed by atoms with Crippen molar-refractivity contribution in [3.05, 3.63) is 102 Å². The molecule has 1 atom stereocenters. The minimum Gasteiger partial charge on any atom is -0.343 e. The minimum atomic E-state index is -0.580. The van der Waals surface area contributed by atoms with Gasteiger partial charge in [-0.25, -0.2) is 0 Å². The molecule has 0 unspecified atom stereocenters. The van der Waals surface area contributed by atoms with Crippen LogP contribution in [0.4, 0.5) is 5.69 Å². The number of imide groups is 1. The number of hydrogen-bond donors (Lipinski definition) is 2. The molecule has 4 amide bonds. The number of nitrogens with zero attached hydrogens (tertiary/aromatic N) is 1. The molecule has 0 aliphatic carbocycles. The van der Waals surface area contributed by atoms with E-state index in [1.165, 1.54) is 4.90 Å². The fourth-order valence-electron chi connectivity index (χ4n) is 6.60. The molecule has 1 aliphatic rings. The van der Waals surface area contributed by atoms with Crippen LogP contribution in [0.25, 0.3) is 21.9 Å². The molecular weight excluding hydrogens is 626 g/mol. The Hall–Kier alpha value is -5.11. The normalized spacial score (nSPS) is 13.1. The Bertz CT molecular complexity index is 1810. The van der Waals surface area contributed by atoms with Gasteiger partial charge in [0.15, 0.2) is 0 Å². The monoisotopic (exact) mass is 673 g/mol. The third kappa shape index (κ3) is 9.31. The predicted molar refractivity (Wildman–Crippen MR) is 198 cm³/mol. The number of unbranched alkanes of at least 4 members (excludes halogenated alkanes) is 7. The van der Waals surface area contributed by atoms with Crippen molar-refractivity contribution >= 4 is 46.4 Å². The maximum Gasteiger partial charge on any atom is 0.261 e. The zero-order chi connectivity index (χ0) is 35.5. The lowest BCUT2D eigenvalue weighted by Gasteiger charge is -2.18. The second-order valence-corrected chi connectivity index (χ2v) is 13.6. The second kappa shape index (κ2) is 17.5.